The number of rotatable bonds is 2. The number of hydrogen-bond acceptors (Lipinski definition) is 2. The number of carbonyl (C=O) groups excluding carboxylic acids is 1. The van der Waals surface area contributed by atoms with Gasteiger partial charge in [-0.25, -0.2) is 0 Å². The smallest absolute Gasteiger partial charge is 0.244 e. The highest BCUT2D eigenvalue weighted by Gasteiger charge is 2.48. The third kappa shape index (κ3) is 2.11. The first kappa shape index (κ1) is 12.6. The van der Waals surface area contributed by atoms with Crippen molar-refractivity contribution in [3.8, 4) is 6.07 Å². The molecule has 1 saturated carbocycles. The number of carbonyl (C=O) groups is 1. The van der Waals surface area contributed by atoms with Crippen LogP contribution in [0.25, 0.3) is 0 Å². The summed E-state index contributed by atoms with van der Waals surface area (Å²) in [6, 6.07) is 8.07. The number of amides is 1. The fraction of sp³-hybridized carbons (Fsp3) is 0.467. The SMILES string of the molecule is Cc1ccc(NC(=O)C2(C#N)CC(C)C2)c(C)c1. The van der Waals surface area contributed by atoms with Gasteiger partial charge in [-0.15, -0.1) is 0 Å². The Morgan fingerprint density at radius 3 is 2.61 bits per heavy atom. The quantitative estimate of drug-likeness (QED) is 0.866. The number of nitriles is 1. The monoisotopic (exact) mass is 242 g/mol. The van der Waals surface area contributed by atoms with Crippen molar-refractivity contribution in [2.24, 2.45) is 11.3 Å². The molecule has 1 aliphatic carbocycles. The van der Waals surface area contributed by atoms with Gasteiger partial charge in [-0.05, 0) is 44.2 Å². The maximum atomic E-state index is 12.2. The molecule has 2 rings (SSSR count). The van der Waals surface area contributed by atoms with Crippen LogP contribution in [-0.2, 0) is 4.79 Å². The second-order valence-electron chi connectivity index (χ2n) is 5.48. The van der Waals surface area contributed by atoms with E-state index >= 15 is 0 Å². The van der Waals surface area contributed by atoms with Crippen LogP contribution >= 0.6 is 0 Å². The molecule has 0 aliphatic heterocycles. The minimum Gasteiger partial charge on any atom is -0.324 e. The van der Waals surface area contributed by atoms with Gasteiger partial charge in [0.05, 0.1) is 6.07 Å². The summed E-state index contributed by atoms with van der Waals surface area (Å²) in [6.45, 7) is 6.05. The molecular weight excluding hydrogens is 224 g/mol. The van der Waals surface area contributed by atoms with Crippen molar-refractivity contribution in [3.05, 3.63) is 29.3 Å². The van der Waals surface area contributed by atoms with E-state index in [9.17, 15) is 10.1 Å². The van der Waals surface area contributed by atoms with Crippen molar-refractivity contribution in [2.75, 3.05) is 5.32 Å². The Balaban J connectivity index is 2.15. The number of hydrogen-bond donors (Lipinski definition) is 1. The van der Waals surface area contributed by atoms with E-state index in [2.05, 4.69) is 18.3 Å². The zero-order valence-electron chi connectivity index (χ0n) is 11.1. The molecule has 0 atom stereocenters. The van der Waals surface area contributed by atoms with Gasteiger partial charge < -0.3 is 5.32 Å². The molecule has 0 spiro atoms. The lowest BCUT2D eigenvalue weighted by Gasteiger charge is -2.39. The lowest BCUT2D eigenvalue weighted by atomic mass is 9.63. The van der Waals surface area contributed by atoms with Crippen LogP contribution in [0.1, 0.15) is 30.9 Å². The molecule has 3 heteroatoms. The van der Waals surface area contributed by atoms with Gasteiger partial charge in [0.25, 0.3) is 0 Å². The number of benzene rings is 1. The van der Waals surface area contributed by atoms with Crippen molar-refractivity contribution in [1.29, 1.82) is 5.26 Å². The fourth-order valence-electron chi connectivity index (χ4n) is 2.65. The Morgan fingerprint density at radius 2 is 2.11 bits per heavy atom. The van der Waals surface area contributed by atoms with Gasteiger partial charge >= 0.3 is 0 Å². The molecule has 1 aliphatic rings. The molecule has 1 N–H and O–H groups in total. The van der Waals surface area contributed by atoms with Crippen molar-refractivity contribution < 1.29 is 4.79 Å². The second kappa shape index (κ2) is 4.45. The van der Waals surface area contributed by atoms with E-state index in [0.717, 1.165) is 16.8 Å². The first-order valence-electron chi connectivity index (χ1n) is 6.27. The van der Waals surface area contributed by atoms with Gasteiger partial charge in [0, 0.05) is 5.69 Å². The molecule has 0 saturated heterocycles. The third-order valence-electron chi connectivity index (χ3n) is 3.67. The van der Waals surface area contributed by atoms with Crippen molar-refractivity contribution >= 4 is 11.6 Å². The molecule has 0 aromatic heterocycles. The van der Waals surface area contributed by atoms with Gasteiger partial charge in [-0.1, -0.05) is 24.6 Å². The maximum Gasteiger partial charge on any atom is 0.244 e. The minimum absolute atomic E-state index is 0.157. The van der Waals surface area contributed by atoms with Crippen LogP contribution in [0, 0.1) is 36.5 Å². The van der Waals surface area contributed by atoms with E-state index < -0.39 is 5.41 Å². The van der Waals surface area contributed by atoms with E-state index in [1.165, 1.54) is 0 Å². The zero-order chi connectivity index (χ0) is 13.3. The van der Waals surface area contributed by atoms with E-state index in [1.807, 2.05) is 32.0 Å². The number of nitrogens with zero attached hydrogens (tertiary/aromatic N) is 1. The van der Waals surface area contributed by atoms with Gasteiger partial charge in [-0.2, -0.15) is 5.26 Å². The first-order chi connectivity index (χ1) is 8.47. The molecule has 0 radical (unpaired) electrons. The molecule has 0 unspecified atom stereocenters. The highest BCUT2D eigenvalue weighted by Crippen LogP contribution is 2.45. The molecule has 0 heterocycles. The molecular formula is C15H18N2O. The van der Waals surface area contributed by atoms with Crippen LogP contribution in [-0.4, -0.2) is 5.91 Å². The van der Waals surface area contributed by atoms with Gasteiger partial charge in [-0.3, -0.25) is 4.79 Å². The number of aryl methyl sites for hydroxylation is 2. The van der Waals surface area contributed by atoms with Crippen LogP contribution in [0.3, 0.4) is 0 Å². The van der Waals surface area contributed by atoms with E-state index in [4.69, 9.17) is 0 Å². The van der Waals surface area contributed by atoms with Gasteiger partial charge in [0.1, 0.15) is 5.41 Å². The predicted octanol–water partition coefficient (Wildman–Crippen LogP) is 3.18. The molecule has 18 heavy (non-hydrogen) atoms. The first-order valence-corrected chi connectivity index (χ1v) is 6.27. The molecule has 1 amide bonds. The van der Waals surface area contributed by atoms with Crippen LogP contribution < -0.4 is 5.32 Å². The lowest BCUT2D eigenvalue weighted by Crippen LogP contribution is -2.45. The molecule has 1 aromatic rings. The zero-order valence-corrected chi connectivity index (χ0v) is 11.1. The number of anilines is 1. The van der Waals surface area contributed by atoms with Crippen LogP contribution in [0.5, 0.6) is 0 Å². The summed E-state index contributed by atoms with van der Waals surface area (Å²) in [6.07, 6.45) is 1.33. The lowest BCUT2D eigenvalue weighted by molar-refractivity contribution is -0.128. The molecule has 94 valence electrons. The van der Waals surface area contributed by atoms with Crippen molar-refractivity contribution in [1.82, 2.24) is 0 Å². The van der Waals surface area contributed by atoms with Crippen LogP contribution in [0.4, 0.5) is 5.69 Å². The average Bonchev–Trinajstić information content (AvgIpc) is 2.28. The highest BCUT2D eigenvalue weighted by molar-refractivity contribution is 5.98. The largest absolute Gasteiger partial charge is 0.324 e. The summed E-state index contributed by atoms with van der Waals surface area (Å²) in [5, 5.41) is 12.1. The van der Waals surface area contributed by atoms with E-state index in [0.29, 0.717) is 18.8 Å². The Kier molecular flexibility index (Phi) is 3.13. The average molecular weight is 242 g/mol. The van der Waals surface area contributed by atoms with Gasteiger partial charge in [0.15, 0.2) is 0 Å². The minimum atomic E-state index is -0.809. The molecule has 1 aromatic carbocycles. The summed E-state index contributed by atoms with van der Waals surface area (Å²) in [5.74, 6) is 0.310. The Labute approximate surface area is 108 Å². The summed E-state index contributed by atoms with van der Waals surface area (Å²) in [7, 11) is 0. The second-order valence-corrected chi connectivity index (χ2v) is 5.48. The van der Waals surface area contributed by atoms with Crippen LogP contribution in [0.2, 0.25) is 0 Å². The third-order valence-corrected chi connectivity index (χ3v) is 3.67. The summed E-state index contributed by atoms with van der Waals surface area (Å²) < 4.78 is 0. The van der Waals surface area contributed by atoms with E-state index in [-0.39, 0.29) is 5.91 Å². The topological polar surface area (TPSA) is 52.9 Å². The molecule has 1 fully saturated rings. The predicted molar refractivity (Wildman–Crippen MR) is 71.0 cm³/mol. The van der Waals surface area contributed by atoms with E-state index in [1.54, 1.807) is 0 Å². The molecule has 0 bridgehead atoms. The Hall–Kier alpha value is -1.82. The van der Waals surface area contributed by atoms with Gasteiger partial charge in [0.2, 0.25) is 5.91 Å². The Morgan fingerprint density at radius 1 is 1.44 bits per heavy atom. The maximum absolute atomic E-state index is 12.2. The summed E-state index contributed by atoms with van der Waals surface area (Å²) in [5.41, 5.74) is 2.19. The van der Waals surface area contributed by atoms with Crippen molar-refractivity contribution in [2.45, 2.75) is 33.6 Å². The fourth-order valence-corrected chi connectivity index (χ4v) is 2.65. The van der Waals surface area contributed by atoms with Crippen molar-refractivity contribution in [3.63, 3.8) is 0 Å². The summed E-state index contributed by atoms with van der Waals surface area (Å²) >= 11 is 0. The Bertz CT molecular complexity index is 522. The standard InChI is InChI=1S/C15H18N2O/c1-10-4-5-13(12(3)6-10)17-14(18)15(9-16)7-11(2)8-15/h4-6,11H,7-8H2,1-3H3,(H,17,18). The highest BCUT2D eigenvalue weighted by atomic mass is 16.2. The summed E-state index contributed by atoms with van der Waals surface area (Å²) in [4.78, 5) is 12.2. The molecule has 3 nitrogen and oxygen atoms in total. The number of nitrogens with one attached hydrogen (secondary N) is 1. The van der Waals surface area contributed by atoms with Crippen LogP contribution in [0.15, 0.2) is 18.2 Å². The normalized spacial score (nSPS) is 26.0.